The molecule has 0 bridgehead atoms. The van der Waals surface area contributed by atoms with Crippen LogP contribution in [0.2, 0.25) is 0 Å². The van der Waals surface area contributed by atoms with E-state index in [0.29, 0.717) is 6.54 Å². The largest absolute Gasteiger partial charge is 0.481 e. The average Bonchev–Trinajstić information content (AvgIpc) is 2.38. The third kappa shape index (κ3) is 2.78. The van der Waals surface area contributed by atoms with Crippen molar-refractivity contribution in [2.75, 3.05) is 11.9 Å². The lowest BCUT2D eigenvalue weighted by Crippen LogP contribution is -2.39. The van der Waals surface area contributed by atoms with Gasteiger partial charge in [0.1, 0.15) is 0 Å². The predicted octanol–water partition coefficient (Wildman–Crippen LogP) is 3.13. The fraction of sp³-hybridized carbons (Fsp3) is 0.500. The lowest BCUT2D eigenvalue weighted by atomic mass is 9.74. The summed E-state index contributed by atoms with van der Waals surface area (Å²) in [6.45, 7) is 0.534. The molecule has 0 amide bonds. The van der Waals surface area contributed by atoms with Crippen molar-refractivity contribution in [2.45, 2.75) is 32.1 Å². The summed E-state index contributed by atoms with van der Waals surface area (Å²) in [5.74, 6) is -0.652. The summed E-state index contributed by atoms with van der Waals surface area (Å²) in [4.78, 5) is 11.5. The van der Waals surface area contributed by atoms with Crippen molar-refractivity contribution in [2.24, 2.45) is 5.41 Å². The Balaban J connectivity index is 2.01. The minimum absolute atomic E-state index is 0.534. The highest BCUT2D eigenvalue weighted by molar-refractivity contribution is 5.75. The van der Waals surface area contributed by atoms with E-state index in [1.165, 1.54) is 6.42 Å². The zero-order chi connectivity index (χ0) is 12.1. The normalized spacial score (nSPS) is 18.6. The van der Waals surface area contributed by atoms with E-state index in [9.17, 15) is 9.90 Å². The first-order valence-electron chi connectivity index (χ1n) is 6.25. The van der Waals surface area contributed by atoms with Crippen LogP contribution in [0.4, 0.5) is 5.69 Å². The molecule has 0 atom stereocenters. The first kappa shape index (κ1) is 12.0. The van der Waals surface area contributed by atoms with Gasteiger partial charge in [0.25, 0.3) is 0 Å². The van der Waals surface area contributed by atoms with Gasteiger partial charge in [-0.3, -0.25) is 4.79 Å². The summed E-state index contributed by atoms with van der Waals surface area (Å²) in [5, 5.41) is 12.7. The first-order chi connectivity index (χ1) is 8.23. The van der Waals surface area contributed by atoms with E-state index in [2.05, 4.69) is 5.32 Å². The molecule has 2 N–H and O–H groups in total. The maximum Gasteiger partial charge on any atom is 0.311 e. The Morgan fingerprint density at radius 3 is 2.41 bits per heavy atom. The highest BCUT2D eigenvalue weighted by Gasteiger charge is 2.39. The van der Waals surface area contributed by atoms with Gasteiger partial charge < -0.3 is 10.4 Å². The van der Waals surface area contributed by atoms with Gasteiger partial charge in [0, 0.05) is 12.2 Å². The van der Waals surface area contributed by atoms with Crippen molar-refractivity contribution in [1.29, 1.82) is 0 Å². The molecule has 1 fully saturated rings. The molecule has 0 radical (unpaired) electrons. The second-order valence-corrected chi connectivity index (χ2v) is 4.87. The third-order valence-electron chi connectivity index (χ3n) is 3.67. The molecule has 2 rings (SSSR count). The first-order valence-corrected chi connectivity index (χ1v) is 6.25. The molecular weight excluding hydrogens is 214 g/mol. The highest BCUT2D eigenvalue weighted by atomic mass is 16.4. The summed E-state index contributed by atoms with van der Waals surface area (Å²) < 4.78 is 0. The Bertz CT molecular complexity index is 369. The SMILES string of the molecule is O=C(O)C1(CNc2ccccc2)CCCCC1. The summed E-state index contributed by atoms with van der Waals surface area (Å²) in [7, 11) is 0. The van der Waals surface area contributed by atoms with E-state index in [1.54, 1.807) is 0 Å². The van der Waals surface area contributed by atoms with Crippen molar-refractivity contribution in [3.63, 3.8) is 0 Å². The number of anilines is 1. The Kier molecular flexibility index (Phi) is 3.67. The van der Waals surface area contributed by atoms with Crippen LogP contribution in [-0.4, -0.2) is 17.6 Å². The van der Waals surface area contributed by atoms with E-state index in [4.69, 9.17) is 0 Å². The van der Waals surface area contributed by atoms with Gasteiger partial charge in [-0.1, -0.05) is 37.5 Å². The lowest BCUT2D eigenvalue weighted by molar-refractivity contribution is -0.150. The van der Waals surface area contributed by atoms with Crippen LogP contribution in [0.25, 0.3) is 0 Å². The maximum atomic E-state index is 11.5. The predicted molar refractivity (Wildman–Crippen MR) is 68.1 cm³/mol. The van der Waals surface area contributed by atoms with Crippen molar-refractivity contribution in [3.8, 4) is 0 Å². The summed E-state index contributed by atoms with van der Waals surface area (Å²) in [6.07, 6.45) is 4.82. The number of carbonyl (C=O) groups is 1. The van der Waals surface area contributed by atoms with Crippen molar-refractivity contribution in [3.05, 3.63) is 30.3 Å². The van der Waals surface area contributed by atoms with Gasteiger partial charge >= 0.3 is 5.97 Å². The molecule has 1 aliphatic carbocycles. The summed E-state index contributed by atoms with van der Waals surface area (Å²) >= 11 is 0. The summed E-state index contributed by atoms with van der Waals surface area (Å²) in [5.41, 5.74) is 0.437. The van der Waals surface area contributed by atoms with Crippen LogP contribution >= 0.6 is 0 Å². The highest BCUT2D eigenvalue weighted by Crippen LogP contribution is 2.36. The van der Waals surface area contributed by atoms with Crippen molar-refractivity contribution < 1.29 is 9.90 Å². The molecule has 0 heterocycles. The Morgan fingerprint density at radius 1 is 1.18 bits per heavy atom. The number of carboxylic acids is 1. The molecule has 0 aliphatic heterocycles. The fourth-order valence-electron chi connectivity index (χ4n) is 2.52. The number of benzene rings is 1. The number of hydrogen-bond donors (Lipinski definition) is 2. The second-order valence-electron chi connectivity index (χ2n) is 4.87. The number of carboxylic acid groups (broad SMARTS) is 1. The molecule has 3 nitrogen and oxygen atoms in total. The van der Waals surface area contributed by atoms with Crippen molar-refractivity contribution >= 4 is 11.7 Å². The molecule has 1 saturated carbocycles. The smallest absolute Gasteiger partial charge is 0.311 e. The Labute approximate surface area is 102 Å². The molecule has 17 heavy (non-hydrogen) atoms. The molecule has 3 heteroatoms. The number of aliphatic carboxylic acids is 1. The summed E-state index contributed by atoms with van der Waals surface area (Å²) in [6, 6.07) is 9.81. The zero-order valence-electron chi connectivity index (χ0n) is 9.98. The number of hydrogen-bond acceptors (Lipinski definition) is 2. The third-order valence-corrected chi connectivity index (χ3v) is 3.67. The quantitative estimate of drug-likeness (QED) is 0.840. The maximum absolute atomic E-state index is 11.5. The zero-order valence-corrected chi connectivity index (χ0v) is 9.98. The van der Waals surface area contributed by atoms with Crippen LogP contribution in [0, 0.1) is 5.41 Å². The monoisotopic (exact) mass is 233 g/mol. The van der Waals surface area contributed by atoms with Gasteiger partial charge in [0.05, 0.1) is 5.41 Å². The standard InChI is InChI=1S/C14H19NO2/c16-13(17)14(9-5-2-6-10-14)11-15-12-7-3-1-4-8-12/h1,3-4,7-8,15H,2,5-6,9-11H2,(H,16,17). The van der Waals surface area contributed by atoms with Gasteiger partial charge in [0.2, 0.25) is 0 Å². The van der Waals surface area contributed by atoms with Crippen LogP contribution in [0.15, 0.2) is 30.3 Å². The fourth-order valence-corrected chi connectivity index (χ4v) is 2.52. The van der Waals surface area contributed by atoms with Gasteiger partial charge in [-0.15, -0.1) is 0 Å². The molecule has 0 unspecified atom stereocenters. The Hall–Kier alpha value is -1.51. The number of nitrogens with one attached hydrogen (secondary N) is 1. The van der Waals surface area contributed by atoms with Gasteiger partial charge in [-0.05, 0) is 25.0 Å². The van der Waals surface area contributed by atoms with E-state index in [0.717, 1.165) is 31.4 Å². The van der Waals surface area contributed by atoms with Crippen LogP contribution in [0.1, 0.15) is 32.1 Å². The lowest BCUT2D eigenvalue weighted by Gasteiger charge is -2.33. The van der Waals surface area contributed by atoms with Crippen LogP contribution in [-0.2, 0) is 4.79 Å². The number of rotatable bonds is 4. The molecular formula is C14H19NO2. The minimum atomic E-state index is -0.652. The number of para-hydroxylation sites is 1. The van der Waals surface area contributed by atoms with E-state index < -0.39 is 11.4 Å². The molecule has 1 aromatic carbocycles. The van der Waals surface area contributed by atoms with Crippen molar-refractivity contribution in [1.82, 2.24) is 0 Å². The van der Waals surface area contributed by atoms with E-state index in [1.807, 2.05) is 30.3 Å². The Morgan fingerprint density at radius 2 is 1.82 bits per heavy atom. The van der Waals surface area contributed by atoms with Gasteiger partial charge in [-0.25, -0.2) is 0 Å². The minimum Gasteiger partial charge on any atom is -0.481 e. The molecule has 0 spiro atoms. The molecule has 1 aromatic rings. The van der Waals surface area contributed by atoms with Crippen LogP contribution in [0.5, 0.6) is 0 Å². The van der Waals surface area contributed by atoms with Gasteiger partial charge in [0.15, 0.2) is 0 Å². The molecule has 0 saturated heterocycles. The molecule has 1 aliphatic rings. The van der Waals surface area contributed by atoms with E-state index in [-0.39, 0.29) is 0 Å². The average molecular weight is 233 g/mol. The molecule has 0 aromatic heterocycles. The second kappa shape index (κ2) is 5.21. The van der Waals surface area contributed by atoms with Crippen LogP contribution in [0.3, 0.4) is 0 Å². The topological polar surface area (TPSA) is 49.3 Å². The van der Waals surface area contributed by atoms with Gasteiger partial charge in [-0.2, -0.15) is 0 Å². The van der Waals surface area contributed by atoms with E-state index >= 15 is 0 Å². The van der Waals surface area contributed by atoms with Crippen LogP contribution < -0.4 is 5.32 Å². The molecule has 92 valence electrons.